The van der Waals surface area contributed by atoms with Gasteiger partial charge in [-0.2, -0.15) is 0 Å². The summed E-state index contributed by atoms with van der Waals surface area (Å²) < 4.78 is 6.16. The Labute approximate surface area is 195 Å². The molecule has 4 rings (SSSR count). The van der Waals surface area contributed by atoms with E-state index in [1.807, 2.05) is 62.5 Å². The van der Waals surface area contributed by atoms with E-state index in [9.17, 15) is 4.79 Å². The number of amides is 1. The van der Waals surface area contributed by atoms with E-state index in [0.717, 1.165) is 61.1 Å². The third-order valence-electron chi connectivity index (χ3n) is 5.73. The van der Waals surface area contributed by atoms with E-state index in [0.29, 0.717) is 18.5 Å². The van der Waals surface area contributed by atoms with Crippen LogP contribution in [0, 0.1) is 13.8 Å². The van der Waals surface area contributed by atoms with Crippen LogP contribution in [0.4, 0.5) is 0 Å². The second-order valence-corrected chi connectivity index (χ2v) is 8.51. The number of pyridine rings is 1. The van der Waals surface area contributed by atoms with Crippen LogP contribution in [0.15, 0.2) is 54.7 Å². The van der Waals surface area contributed by atoms with Crippen molar-refractivity contribution in [3.8, 4) is 5.75 Å². The number of hydrogen-bond donors (Lipinski definition) is 1. The third kappa shape index (κ3) is 6.83. The molecule has 0 bridgehead atoms. The van der Waals surface area contributed by atoms with Crippen LogP contribution in [0.1, 0.15) is 46.1 Å². The lowest BCUT2D eigenvalue weighted by atomic mass is 10.1. The van der Waals surface area contributed by atoms with Crippen LogP contribution < -0.4 is 10.1 Å². The van der Waals surface area contributed by atoms with Gasteiger partial charge in [0.25, 0.3) is 5.91 Å². The van der Waals surface area contributed by atoms with Crippen molar-refractivity contribution >= 4 is 5.91 Å². The summed E-state index contributed by atoms with van der Waals surface area (Å²) in [6.45, 7) is 7.26. The SMILES string of the molecule is Cc1cc(C)nc(CCNC(=O)c2ccc(OC3CCN(Cc4ccccn4)CC3)cc2)n1. The highest BCUT2D eigenvalue weighted by Gasteiger charge is 2.21. The highest BCUT2D eigenvalue weighted by atomic mass is 16.5. The molecule has 1 aliphatic heterocycles. The van der Waals surface area contributed by atoms with Gasteiger partial charge in [0.15, 0.2) is 0 Å². The topological polar surface area (TPSA) is 80.2 Å². The Balaban J connectivity index is 1.20. The van der Waals surface area contributed by atoms with E-state index in [4.69, 9.17) is 4.74 Å². The molecule has 7 heteroatoms. The number of hydrogen-bond acceptors (Lipinski definition) is 6. The summed E-state index contributed by atoms with van der Waals surface area (Å²) >= 11 is 0. The van der Waals surface area contributed by atoms with Gasteiger partial charge in [0.2, 0.25) is 0 Å². The number of rotatable bonds is 8. The minimum atomic E-state index is -0.103. The molecular formula is C26H31N5O2. The number of carbonyl (C=O) groups excluding carboxylic acids is 1. The fraction of sp³-hybridized carbons (Fsp3) is 0.385. The Morgan fingerprint density at radius 3 is 2.45 bits per heavy atom. The number of ether oxygens (including phenoxy) is 1. The maximum Gasteiger partial charge on any atom is 0.251 e. The monoisotopic (exact) mass is 445 g/mol. The second kappa shape index (κ2) is 11.0. The number of likely N-dealkylation sites (tertiary alicyclic amines) is 1. The molecule has 0 atom stereocenters. The average molecular weight is 446 g/mol. The number of piperidine rings is 1. The first-order valence-electron chi connectivity index (χ1n) is 11.5. The third-order valence-corrected chi connectivity index (χ3v) is 5.73. The fourth-order valence-electron chi connectivity index (χ4n) is 4.08. The van der Waals surface area contributed by atoms with Crippen molar-refractivity contribution in [2.24, 2.45) is 0 Å². The Morgan fingerprint density at radius 1 is 1.06 bits per heavy atom. The predicted molar refractivity (Wildman–Crippen MR) is 127 cm³/mol. The highest BCUT2D eigenvalue weighted by molar-refractivity contribution is 5.94. The van der Waals surface area contributed by atoms with E-state index in [-0.39, 0.29) is 12.0 Å². The van der Waals surface area contributed by atoms with Gasteiger partial charge in [-0.3, -0.25) is 14.7 Å². The van der Waals surface area contributed by atoms with Crippen LogP contribution in [0.3, 0.4) is 0 Å². The van der Waals surface area contributed by atoms with Crippen LogP contribution in [0.5, 0.6) is 5.75 Å². The quantitative estimate of drug-likeness (QED) is 0.572. The molecule has 172 valence electrons. The molecule has 3 heterocycles. The average Bonchev–Trinajstić information content (AvgIpc) is 2.81. The molecule has 1 saturated heterocycles. The number of benzene rings is 1. The van der Waals surface area contributed by atoms with Crippen LogP contribution in [-0.4, -0.2) is 51.5 Å². The molecule has 7 nitrogen and oxygen atoms in total. The number of nitrogens with zero attached hydrogens (tertiary/aromatic N) is 4. The molecule has 1 fully saturated rings. The van der Waals surface area contributed by atoms with Crippen LogP contribution in [0.2, 0.25) is 0 Å². The van der Waals surface area contributed by atoms with Gasteiger partial charge in [-0.1, -0.05) is 6.07 Å². The van der Waals surface area contributed by atoms with Gasteiger partial charge in [0.05, 0.1) is 5.69 Å². The number of aryl methyl sites for hydroxylation is 2. The summed E-state index contributed by atoms with van der Waals surface area (Å²) in [7, 11) is 0. The second-order valence-electron chi connectivity index (χ2n) is 8.51. The molecule has 0 aliphatic carbocycles. The minimum absolute atomic E-state index is 0.103. The molecule has 1 amide bonds. The van der Waals surface area contributed by atoms with Crippen LogP contribution in [-0.2, 0) is 13.0 Å². The van der Waals surface area contributed by atoms with Crippen LogP contribution in [0.25, 0.3) is 0 Å². The summed E-state index contributed by atoms with van der Waals surface area (Å²) in [5.74, 6) is 1.45. The molecule has 1 N–H and O–H groups in total. The summed E-state index contributed by atoms with van der Waals surface area (Å²) in [6, 6.07) is 15.4. The van der Waals surface area contributed by atoms with E-state index in [1.165, 1.54) is 0 Å². The molecule has 3 aromatic rings. The van der Waals surface area contributed by atoms with E-state index in [2.05, 4.69) is 31.2 Å². The molecule has 0 spiro atoms. The van der Waals surface area contributed by atoms with Crippen molar-refractivity contribution in [2.75, 3.05) is 19.6 Å². The van der Waals surface area contributed by atoms with Crippen molar-refractivity contribution < 1.29 is 9.53 Å². The zero-order valence-electron chi connectivity index (χ0n) is 19.3. The molecule has 33 heavy (non-hydrogen) atoms. The molecule has 1 aromatic carbocycles. The van der Waals surface area contributed by atoms with Crippen molar-refractivity contribution in [3.63, 3.8) is 0 Å². The van der Waals surface area contributed by atoms with Gasteiger partial charge in [-0.05, 0) is 69.2 Å². The Morgan fingerprint density at radius 2 is 1.79 bits per heavy atom. The first kappa shape index (κ1) is 22.9. The summed E-state index contributed by atoms with van der Waals surface area (Å²) in [6.07, 6.45) is 4.61. The lowest BCUT2D eigenvalue weighted by Gasteiger charge is -2.31. The van der Waals surface area contributed by atoms with Gasteiger partial charge in [0.1, 0.15) is 17.7 Å². The van der Waals surface area contributed by atoms with Gasteiger partial charge >= 0.3 is 0 Å². The molecule has 0 radical (unpaired) electrons. The first-order chi connectivity index (χ1) is 16.0. The highest BCUT2D eigenvalue weighted by Crippen LogP contribution is 2.20. The zero-order chi connectivity index (χ0) is 23.0. The molecule has 2 aromatic heterocycles. The van der Waals surface area contributed by atoms with Crippen LogP contribution >= 0.6 is 0 Å². The Hall–Kier alpha value is -3.32. The van der Waals surface area contributed by atoms with Gasteiger partial charge in [-0.15, -0.1) is 0 Å². The summed E-state index contributed by atoms with van der Waals surface area (Å²) in [4.78, 5) is 28.1. The summed E-state index contributed by atoms with van der Waals surface area (Å²) in [5, 5.41) is 2.94. The molecule has 0 saturated carbocycles. The Kier molecular flexibility index (Phi) is 7.62. The van der Waals surface area contributed by atoms with Gasteiger partial charge in [0, 0.05) is 55.7 Å². The van der Waals surface area contributed by atoms with Gasteiger partial charge in [-0.25, -0.2) is 9.97 Å². The standard InChI is InChI=1S/C26H31N5O2/c1-19-17-20(2)30-25(29-19)10-14-28-26(32)21-6-8-23(9-7-21)33-24-11-15-31(16-12-24)18-22-5-3-4-13-27-22/h3-9,13,17,24H,10-12,14-16,18H2,1-2H3,(H,28,32). The van der Waals surface area contributed by atoms with Gasteiger partial charge < -0.3 is 10.1 Å². The summed E-state index contributed by atoms with van der Waals surface area (Å²) in [5.41, 5.74) is 3.61. The first-order valence-corrected chi connectivity index (χ1v) is 11.5. The predicted octanol–water partition coefficient (Wildman–Crippen LogP) is 3.50. The van der Waals surface area contributed by atoms with Crippen molar-refractivity contribution in [1.82, 2.24) is 25.2 Å². The maximum atomic E-state index is 12.5. The number of carbonyl (C=O) groups is 1. The number of nitrogens with one attached hydrogen (secondary N) is 1. The normalized spacial score (nSPS) is 14.7. The lowest BCUT2D eigenvalue weighted by molar-refractivity contribution is 0.0949. The fourth-order valence-corrected chi connectivity index (χ4v) is 4.08. The largest absolute Gasteiger partial charge is 0.490 e. The van der Waals surface area contributed by atoms with Crippen molar-refractivity contribution in [1.29, 1.82) is 0 Å². The molecule has 0 unspecified atom stereocenters. The lowest BCUT2D eigenvalue weighted by Crippen LogP contribution is -2.37. The Bertz CT molecular complexity index is 1030. The number of aromatic nitrogens is 3. The van der Waals surface area contributed by atoms with Crippen molar-refractivity contribution in [3.05, 3.63) is 83.2 Å². The maximum absolute atomic E-state index is 12.5. The minimum Gasteiger partial charge on any atom is -0.490 e. The molecular weight excluding hydrogens is 414 g/mol. The molecule has 1 aliphatic rings. The smallest absolute Gasteiger partial charge is 0.251 e. The van der Waals surface area contributed by atoms with E-state index in [1.54, 1.807) is 0 Å². The zero-order valence-corrected chi connectivity index (χ0v) is 19.3. The van der Waals surface area contributed by atoms with E-state index >= 15 is 0 Å². The van der Waals surface area contributed by atoms with Crippen molar-refractivity contribution in [2.45, 2.75) is 45.8 Å². The van der Waals surface area contributed by atoms with E-state index < -0.39 is 0 Å².